The molecule has 2 fully saturated rings. The predicted molar refractivity (Wildman–Crippen MR) is 102 cm³/mol. The molecule has 28 heavy (non-hydrogen) atoms. The molecule has 0 aromatic heterocycles. The van der Waals surface area contributed by atoms with Gasteiger partial charge in [-0.05, 0) is 44.9 Å². The summed E-state index contributed by atoms with van der Waals surface area (Å²) in [7, 11) is -3.87. The highest BCUT2D eigenvalue weighted by atomic mass is 35.5. The standard InChI is InChI=1S/C18H25ClN2O6S/c1-12-10-21(11-13(2)26-12)28(23,24)16-9-14(6-7-15(16)19)18(22)20-27-17-5-3-4-8-25-17/h6-7,9,12-13,17H,3-5,8,10-11H2,1-2H3,(H,20,22)/t12-,13-,17+/m1/s1. The molecule has 156 valence electrons. The largest absolute Gasteiger partial charge is 0.373 e. The van der Waals surface area contributed by atoms with Crippen LogP contribution < -0.4 is 5.48 Å². The van der Waals surface area contributed by atoms with Crippen LogP contribution >= 0.6 is 11.6 Å². The Balaban J connectivity index is 1.75. The molecule has 2 aliphatic heterocycles. The fourth-order valence-corrected chi connectivity index (χ4v) is 5.38. The summed E-state index contributed by atoms with van der Waals surface area (Å²) in [5.74, 6) is -0.564. The molecule has 0 spiro atoms. The molecule has 0 saturated carbocycles. The topological polar surface area (TPSA) is 94.2 Å². The van der Waals surface area contributed by atoms with Gasteiger partial charge in [0.1, 0.15) is 4.90 Å². The van der Waals surface area contributed by atoms with Gasteiger partial charge in [0.2, 0.25) is 10.0 Å². The minimum Gasteiger partial charge on any atom is -0.373 e. The normalized spacial score (nSPS) is 26.8. The summed E-state index contributed by atoms with van der Waals surface area (Å²) in [5, 5.41) is 0.0554. The zero-order valence-electron chi connectivity index (χ0n) is 15.9. The Morgan fingerprint density at radius 1 is 1.25 bits per heavy atom. The van der Waals surface area contributed by atoms with Gasteiger partial charge in [-0.3, -0.25) is 4.79 Å². The first-order valence-corrected chi connectivity index (χ1v) is 11.1. The monoisotopic (exact) mass is 432 g/mol. The number of rotatable bonds is 5. The zero-order valence-corrected chi connectivity index (χ0v) is 17.5. The van der Waals surface area contributed by atoms with E-state index >= 15 is 0 Å². The third kappa shape index (κ3) is 5.03. The third-order valence-electron chi connectivity index (χ3n) is 4.62. The fraction of sp³-hybridized carbons (Fsp3) is 0.611. The number of halogens is 1. The Kier molecular flexibility index (Phi) is 6.95. The molecule has 1 amide bonds. The number of hydrogen-bond acceptors (Lipinski definition) is 6. The van der Waals surface area contributed by atoms with Crippen molar-refractivity contribution in [1.29, 1.82) is 0 Å². The summed E-state index contributed by atoms with van der Waals surface area (Å²) in [6.07, 6.45) is 1.66. The van der Waals surface area contributed by atoms with Gasteiger partial charge in [0, 0.05) is 31.7 Å². The number of nitrogens with one attached hydrogen (secondary N) is 1. The van der Waals surface area contributed by atoms with Gasteiger partial charge in [0.05, 0.1) is 17.2 Å². The van der Waals surface area contributed by atoms with Crippen molar-refractivity contribution < 1.29 is 27.5 Å². The maximum Gasteiger partial charge on any atom is 0.274 e. The summed E-state index contributed by atoms with van der Waals surface area (Å²) < 4.78 is 38.5. The van der Waals surface area contributed by atoms with Gasteiger partial charge in [-0.25, -0.2) is 18.7 Å². The maximum atomic E-state index is 13.1. The molecule has 2 aliphatic rings. The number of nitrogens with zero attached hydrogens (tertiary/aromatic N) is 1. The molecule has 8 nitrogen and oxygen atoms in total. The molecule has 10 heteroatoms. The number of morpholine rings is 1. The van der Waals surface area contributed by atoms with Crippen molar-refractivity contribution in [2.45, 2.75) is 56.5 Å². The number of benzene rings is 1. The lowest BCUT2D eigenvalue weighted by atomic mass is 10.2. The van der Waals surface area contributed by atoms with Crippen LogP contribution in [0.4, 0.5) is 0 Å². The second-order valence-electron chi connectivity index (χ2n) is 7.07. The van der Waals surface area contributed by atoms with Crippen LogP contribution in [0.25, 0.3) is 0 Å². The van der Waals surface area contributed by atoms with E-state index in [0.717, 1.165) is 12.8 Å². The second-order valence-corrected chi connectivity index (χ2v) is 9.38. The van der Waals surface area contributed by atoms with Gasteiger partial charge in [0.15, 0.2) is 6.29 Å². The van der Waals surface area contributed by atoms with Crippen molar-refractivity contribution in [3.8, 4) is 0 Å². The zero-order chi connectivity index (χ0) is 20.3. The van der Waals surface area contributed by atoms with E-state index in [1.54, 1.807) is 0 Å². The van der Waals surface area contributed by atoms with Crippen LogP contribution in [0.5, 0.6) is 0 Å². The quantitative estimate of drug-likeness (QED) is 0.717. The Bertz CT molecular complexity index is 802. The molecule has 0 bridgehead atoms. The number of hydroxylamine groups is 1. The Morgan fingerprint density at radius 2 is 1.96 bits per heavy atom. The van der Waals surface area contributed by atoms with Crippen molar-refractivity contribution in [2.75, 3.05) is 19.7 Å². The van der Waals surface area contributed by atoms with Crippen LogP contribution in [-0.4, -0.2) is 56.8 Å². The maximum absolute atomic E-state index is 13.1. The lowest BCUT2D eigenvalue weighted by Gasteiger charge is -2.34. The molecule has 0 unspecified atom stereocenters. The number of carbonyl (C=O) groups excluding carboxylic acids is 1. The number of amides is 1. The lowest BCUT2D eigenvalue weighted by molar-refractivity contribution is -0.186. The summed E-state index contributed by atoms with van der Waals surface area (Å²) in [4.78, 5) is 17.5. The Hall–Kier alpha value is -1.23. The van der Waals surface area contributed by atoms with Crippen molar-refractivity contribution in [1.82, 2.24) is 9.79 Å². The molecule has 2 heterocycles. The number of sulfonamides is 1. The van der Waals surface area contributed by atoms with Crippen LogP contribution in [0.1, 0.15) is 43.5 Å². The highest BCUT2D eigenvalue weighted by molar-refractivity contribution is 7.89. The van der Waals surface area contributed by atoms with E-state index in [0.29, 0.717) is 13.0 Å². The van der Waals surface area contributed by atoms with Crippen LogP contribution in [0.2, 0.25) is 5.02 Å². The molecule has 1 aromatic carbocycles. The highest BCUT2D eigenvalue weighted by Gasteiger charge is 2.34. The SMILES string of the molecule is C[C@@H]1CN(S(=O)(=O)c2cc(C(=O)NO[C@H]3CCCCO3)ccc2Cl)C[C@@H](C)O1. The first-order chi connectivity index (χ1) is 13.3. The molecule has 2 saturated heterocycles. The minimum absolute atomic E-state index is 0.0554. The first-order valence-electron chi connectivity index (χ1n) is 9.30. The summed E-state index contributed by atoms with van der Waals surface area (Å²) in [6.45, 7) is 4.66. The predicted octanol–water partition coefficient (Wildman–Crippen LogP) is 2.33. The van der Waals surface area contributed by atoms with Crippen molar-refractivity contribution >= 4 is 27.5 Å². The average Bonchev–Trinajstić information content (AvgIpc) is 2.66. The van der Waals surface area contributed by atoms with Crippen LogP contribution in [0.3, 0.4) is 0 Å². The Morgan fingerprint density at radius 3 is 2.61 bits per heavy atom. The Labute approximate surface area is 170 Å². The van der Waals surface area contributed by atoms with Crippen LogP contribution in [0, 0.1) is 0 Å². The van der Waals surface area contributed by atoms with E-state index < -0.39 is 22.2 Å². The number of carbonyl (C=O) groups is 1. The van der Waals surface area contributed by atoms with E-state index in [2.05, 4.69) is 5.48 Å². The first kappa shape index (κ1) is 21.5. The molecule has 0 radical (unpaired) electrons. The van der Waals surface area contributed by atoms with Gasteiger partial charge in [-0.15, -0.1) is 0 Å². The van der Waals surface area contributed by atoms with Gasteiger partial charge < -0.3 is 9.47 Å². The number of ether oxygens (including phenoxy) is 2. The van der Waals surface area contributed by atoms with Gasteiger partial charge in [-0.1, -0.05) is 11.6 Å². The second kappa shape index (κ2) is 9.06. The summed E-state index contributed by atoms with van der Waals surface area (Å²) in [5.41, 5.74) is 2.46. The van der Waals surface area contributed by atoms with Crippen LogP contribution in [-0.2, 0) is 24.3 Å². The third-order valence-corrected chi connectivity index (χ3v) is 6.93. The highest BCUT2D eigenvalue weighted by Crippen LogP contribution is 2.28. The van der Waals surface area contributed by atoms with E-state index in [9.17, 15) is 13.2 Å². The molecular weight excluding hydrogens is 408 g/mol. The lowest BCUT2D eigenvalue weighted by Crippen LogP contribution is -2.48. The number of hydrogen-bond donors (Lipinski definition) is 1. The summed E-state index contributed by atoms with van der Waals surface area (Å²) in [6, 6.07) is 4.11. The molecule has 0 aliphatic carbocycles. The molecule has 1 N–H and O–H groups in total. The van der Waals surface area contributed by atoms with E-state index in [-0.39, 0.29) is 40.8 Å². The van der Waals surface area contributed by atoms with Gasteiger partial charge in [-0.2, -0.15) is 4.31 Å². The van der Waals surface area contributed by atoms with E-state index in [4.69, 9.17) is 25.9 Å². The molecular formula is C18H25ClN2O6S. The van der Waals surface area contributed by atoms with Gasteiger partial charge >= 0.3 is 0 Å². The van der Waals surface area contributed by atoms with Crippen molar-refractivity contribution in [2.24, 2.45) is 0 Å². The average molecular weight is 433 g/mol. The van der Waals surface area contributed by atoms with E-state index in [1.165, 1.54) is 22.5 Å². The minimum atomic E-state index is -3.87. The van der Waals surface area contributed by atoms with E-state index in [1.807, 2.05) is 13.8 Å². The fourth-order valence-electron chi connectivity index (χ4n) is 3.29. The molecule has 1 aromatic rings. The van der Waals surface area contributed by atoms with Crippen LogP contribution in [0.15, 0.2) is 23.1 Å². The summed E-state index contributed by atoms with van der Waals surface area (Å²) >= 11 is 6.16. The van der Waals surface area contributed by atoms with Crippen molar-refractivity contribution in [3.05, 3.63) is 28.8 Å². The van der Waals surface area contributed by atoms with Crippen molar-refractivity contribution in [3.63, 3.8) is 0 Å². The molecule has 3 atom stereocenters. The molecule has 3 rings (SSSR count). The smallest absolute Gasteiger partial charge is 0.274 e. The van der Waals surface area contributed by atoms with Gasteiger partial charge in [0.25, 0.3) is 5.91 Å².